The lowest BCUT2D eigenvalue weighted by atomic mass is 10.2. The minimum Gasteiger partial charge on any atom is -0.390 e. The van der Waals surface area contributed by atoms with Gasteiger partial charge in [-0.1, -0.05) is 0 Å². The van der Waals surface area contributed by atoms with Crippen LogP contribution in [-0.4, -0.2) is 43.3 Å². The van der Waals surface area contributed by atoms with Crippen molar-refractivity contribution in [2.75, 3.05) is 12.3 Å². The van der Waals surface area contributed by atoms with E-state index in [4.69, 9.17) is 15.6 Å². The number of nitrogens with one attached hydrogen (secondary N) is 1. The highest BCUT2D eigenvalue weighted by molar-refractivity contribution is 5.70. The number of fused-ring (bicyclic) bond motifs is 1. The zero-order valence-electron chi connectivity index (χ0n) is 10.1. The first-order valence-corrected chi connectivity index (χ1v) is 5.77. The molecule has 0 aromatic carbocycles. The minimum absolute atomic E-state index is 0.0129. The number of ether oxygens (including phenoxy) is 1. The monoisotopic (exact) mass is 287 g/mol. The average Bonchev–Trinajstić information content (AvgIpc) is 2.91. The van der Waals surface area contributed by atoms with Crippen LogP contribution in [0, 0.1) is 0 Å². The van der Waals surface area contributed by atoms with Crippen LogP contribution < -0.4 is 11.3 Å². The van der Waals surface area contributed by atoms with Crippen LogP contribution in [-0.2, 0) is 4.74 Å². The van der Waals surface area contributed by atoms with Gasteiger partial charge in [0.2, 0.25) is 11.8 Å². The fourth-order valence-electron chi connectivity index (χ4n) is 2.19. The van der Waals surface area contributed by atoms with E-state index in [9.17, 15) is 13.6 Å². The number of hydrogen-bond acceptors (Lipinski definition) is 6. The normalized spacial score (nSPS) is 30.1. The van der Waals surface area contributed by atoms with E-state index in [1.165, 1.54) is 0 Å². The van der Waals surface area contributed by atoms with Gasteiger partial charge in [0, 0.05) is 6.42 Å². The van der Waals surface area contributed by atoms with Crippen LogP contribution in [0.15, 0.2) is 11.1 Å². The van der Waals surface area contributed by atoms with Crippen LogP contribution in [0.1, 0.15) is 12.6 Å². The fraction of sp³-hybridized carbons (Fsp3) is 0.500. The van der Waals surface area contributed by atoms with Crippen molar-refractivity contribution in [3.05, 3.63) is 16.7 Å². The number of hydrogen-bond donors (Lipinski definition) is 3. The number of rotatable bonds is 2. The summed E-state index contributed by atoms with van der Waals surface area (Å²) in [5, 5.41) is 8.88. The fourth-order valence-corrected chi connectivity index (χ4v) is 2.19. The van der Waals surface area contributed by atoms with Crippen molar-refractivity contribution in [2.24, 2.45) is 0 Å². The van der Waals surface area contributed by atoms with Gasteiger partial charge < -0.3 is 15.6 Å². The molecule has 0 spiro atoms. The van der Waals surface area contributed by atoms with E-state index in [0.717, 1.165) is 10.9 Å². The molecule has 4 N–H and O–H groups in total. The molecule has 8 nitrogen and oxygen atoms in total. The Morgan fingerprint density at radius 1 is 1.70 bits per heavy atom. The summed E-state index contributed by atoms with van der Waals surface area (Å²) in [6.45, 7) is -0.966. The summed E-state index contributed by atoms with van der Waals surface area (Å²) < 4.78 is 33.7. The second-order valence-corrected chi connectivity index (χ2v) is 4.54. The standard InChI is InChI=1S/C10H11F2N5O3/c11-4-1-10(12,2-18)20-8(4)17-3-14-5-6(17)15-9(13)16-7(5)19/h3-4,8,18H,1-2H2,(H3,13,15,16,19). The number of halogens is 2. The van der Waals surface area contributed by atoms with E-state index in [1.54, 1.807) is 0 Å². The van der Waals surface area contributed by atoms with Gasteiger partial charge in [-0.3, -0.25) is 14.3 Å². The van der Waals surface area contributed by atoms with Gasteiger partial charge in [-0.25, -0.2) is 13.8 Å². The van der Waals surface area contributed by atoms with Crippen molar-refractivity contribution in [1.29, 1.82) is 0 Å². The summed E-state index contributed by atoms with van der Waals surface area (Å²) in [6.07, 6.45) is -2.59. The Hall–Kier alpha value is -2.07. The number of aromatic nitrogens is 4. The molecule has 0 aliphatic carbocycles. The molecule has 1 saturated heterocycles. The number of aliphatic hydroxyl groups is 1. The van der Waals surface area contributed by atoms with Gasteiger partial charge in [-0.2, -0.15) is 4.98 Å². The van der Waals surface area contributed by atoms with Crippen LogP contribution >= 0.6 is 0 Å². The van der Waals surface area contributed by atoms with Gasteiger partial charge in [0.15, 0.2) is 23.6 Å². The van der Waals surface area contributed by atoms with Crippen molar-refractivity contribution >= 4 is 17.1 Å². The highest BCUT2D eigenvalue weighted by atomic mass is 19.2. The number of anilines is 1. The number of alkyl halides is 2. The molecule has 2 aromatic rings. The average molecular weight is 287 g/mol. The molecule has 1 aliphatic heterocycles. The van der Waals surface area contributed by atoms with Crippen molar-refractivity contribution < 1.29 is 18.6 Å². The number of aliphatic hydroxyl groups excluding tert-OH is 1. The van der Waals surface area contributed by atoms with Crippen LogP contribution in [0.3, 0.4) is 0 Å². The molecule has 0 amide bonds. The second kappa shape index (κ2) is 4.21. The maximum atomic E-state index is 13.9. The molecule has 1 aliphatic rings. The Balaban J connectivity index is 2.10. The van der Waals surface area contributed by atoms with Gasteiger partial charge >= 0.3 is 0 Å². The molecule has 3 rings (SSSR count). The first kappa shape index (κ1) is 12.9. The lowest BCUT2D eigenvalue weighted by molar-refractivity contribution is -0.177. The molecule has 0 radical (unpaired) electrons. The second-order valence-electron chi connectivity index (χ2n) is 4.54. The highest BCUT2D eigenvalue weighted by Crippen LogP contribution is 2.40. The van der Waals surface area contributed by atoms with Gasteiger partial charge in [0.1, 0.15) is 6.61 Å². The number of nitrogens with zero attached hydrogens (tertiary/aromatic N) is 3. The van der Waals surface area contributed by atoms with Crippen LogP contribution in [0.2, 0.25) is 0 Å². The Bertz CT molecular complexity index is 716. The maximum Gasteiger partial charge on any atom is 0.280 e. The van der Waals surface area contributed by atoms with Gasteiger partial charge in [-0.05, 0) is 0 Å². The zero-order valence-corrected chi connectivity index (χ0v) is 10.1. The van der Waals surface area contributed by atoms with Crippen LogP contribution in [0.4, 0.5) is 14.7 Å². The van der Waals surface area contributed by atoms with E-state index in [0.29, 0.717) is 0 Å². The number of aromatic amines is 1. The van der Waals surface area contributed by atoms with Gasteiger partial charge in [0.05, 0.1) is 6.33 Å². The van der Waals surface area contributed by atoms with Crippen molar-refractivity contribution in [3.8, 4) is 0 Å². The van der Waals surface area contributed by atoms with Gasteiger partial charge in [0.25, 0.3) is 5.56 Å². The molecular weight excluding hydrogens is 276 g/mol. The smallest absolute Gasteiger partial charge is 0.280 e. The third kappa shape index (κ3) is 1.84. The summed E-state index contributed by atoms with van der Waals surface area (Å²) in [5.74, 6) is -2.64. The lowest BCUT2D eigenvalue weighted by Gasteiger charge is -2.18. The maximum absolute atomic E-state index is 13.9. The van der Waals surface area contributed by atoms with E-state index in [1.807, 2.05) is 0 Å². The summed E-state index contributed by atoms with van der Waals surface area (Å²) >= 11 is 0. The Morgan fingerprint density at radius 2 is 2.45 bits per heavy atom. The summed E-state index contributed by atoms with van der Waals surface area (Å²) in [7, 11) is 0. The lowest BCUT2D eigenvalue weighted by Crippen LogP contribution is -2.27. The number of H-pyrrole nitrogens is 1. The number of nitrogen functional groups attached to an aromatic ring is 1. The first-order chi connectivity index (χ1) is 9.43. The molecule has 0 saturated carbocycles. The molecule has 3 unspecified atom stereocenters. The Labute approximate surface area is 110 Å². The van der Waals surface area contributed by atoms with Crippen LogP contribution in [0.25, 0.3) is 11.2 Å². The molecule has 0 bridgehead atoms. The zero-order chi connectivity index (χ0) is 14.5. The van der Waals surface area contributed by atoms with Crippen molar-refractivity contribution in [3.63, 3.8) is 0 Å². The third-order valence-corrected chi connectivity index (χ3v) is 3.10. The van der Waals surface area contributed by atoms with E-state index < -0.39 is 36.8 Å². The predicted molar refractivity (Wildman–Crippen MR) is 63.1 cm³/mol. The molecular formula is C10H11F2N5O3. The highest BCUT2D eigenvalue weighted by Gasteiger charge is 2.48. The van der Waals surface area contributed by atoms with Gasteiger partial charge in [-0.15, -0.1) is 0 Å². The first-order valence-electron chi connectivity index (χ1n) is 5.77. The Kier molecular flexibility index (Phi) is 2.73. The molecule has 1 fully saturated rings. The molecule has 3 heterocycles. The summed E-state index contributed by atoms with van der Waals surface area (Å²) in [5.41, 5.74) is 4.75. The van der Waals surface area contributed by atoms with Crippen LogP contribution in [0.5, 0.6) is 0 Å². The molecule has 10 heteroatoms. The molecule has 2 aromatic heterocycles. The Morgan fingerprint density at radius 3 is 3.10 bits per heavy atom. The quantitative estimate of drug-likeness (QED) is 0.692. The van der Waals surface area contributed by atoms with E-state index >= 15 is 0 Å². The molecule has 20 heavy (non-hydrogen) atoms. The molecule has 3 atom stereocenters. The number of nitrogens with two attached hydrogens (primary N) is 1. The largest absolute Gasteiger partial charge is 0.390 e. The minimum atomic E-state index is -2.46. The summed E-state index contributed by atoms with van der Waals surface area (Å²) in [6, 6.07) is 0. The third-order valence-electron chi connectivity index (χ3n) is 3.10. The predicted octanol–water partition coefficient (Wildman–Crippen LogP) is -0.383. The topological polar surface area (TPSA) is 119 Å². The summed E-state index contributed by atoms with van der Waals surface area (Å²) in [4.78, 5) is 21.5. The molecule has 108 valence electrons. The van der Waals surface area contributed by atoms with Crippen molar-refractivity contribution in [2.45, 2.75) is 24.7 Å². The SMILES string of the molecule is Nc1nc2c(ncn2C2OC(F)(CO)CC2F)c(=O)[nH]1. The van der Waals surface area contributed by atoms with E-state index in [-0.39, 0.29) is 17.1 Å². The number of imidazole rings is 1. The van der Waals surface area contributed by atoms with E-state index in [2.05, 4.69) is 15.0 Å². The van der Waals surface area contributed by atoms with Crippen molar-refractivity contribution in [1.82, 2.24) is 19.5 Å².